The second kappa shape index (κ2) is 8.49. The van der Waals surface area contributed by atoms with E-state index in [1.54, 1.807) is 6.07 Å². The Labute approximate surface area is 169 Å². The summed E-state index contributed by atoms with van der Waals surface area (Å²) >= 11 is 0. The van der Waals surface area contributed by atoms with E-state index in [2.05, 4.69) is 4.36 Å². The monoisotopic (exact) mass is 444 g/mol. The molecule has 0 aromatic heterocycles. The highest BCUT2D eigenvalue weighted by Crippen LogP contribution is 2.42. The number of ether oxygens (including phenoxy) is 1. The highest BCUT2D eigenvalue weighted by atomic mass is 32.2. The second-order valence-corrected chi connectivity index (χ2v) is 7.84. The van der Waals surface area contributed by atoms with Crippen molar-refractivity contribution in [1.82, 2.24) is 0 Å². The van der Waals surface area contributed by atoms with Crippen molar-refractivity contribution in [1.29, 1.82) is 5.26 Å². The van der Waals surface area contributed by atoms with E-state index in [1.165, 1.54) is 18.2 Å². The van der Waals surface area contributed by atoms with Crippen LogP contribution in [0.15, 0.2) is 39.6 Å². The molecule has 11 heteroatoms. The van der Waals surface area contributed by atoms with Gasteiger partial charge in [-0.3, -0.25) is 4.79 Å². The SMILES string of the molecule is N#Cc1cc(F)cc(Oc2ccc(/S(CF)=N/C(=O)C(F)(F)F)c3c2CC[C@H]3O)c1. The fourth-order valence-electron chi connectivity index (χ4n) is 3.07. The zero-order valence-corrected chi connectivity index (χ0v) is 15.9. The highest BCUT2D eigenvalue weighted by Gasteiger charge is 2.39. The summed E-state index contributed by atoms with van der Waals surface area (Å²) in [5.41, 5.74) is 0.550. The number of hydrogen-bond acceptors (Lipinski definition) is 4. The van der Waals surface area contributed by atoms with E-state index in [-0.39, 0.29) is 40.4 Å². The van der Waals surface area contributed by atoms with Gasteiger partial charge in [-0.15, -0.1) is 0 Å². The van der Waals surface area contributed by atoms with Gasteiger partial charge in [0.25, 0.3) is 0 Å². The third kappa shape index (κ3) is 4.49. The molecule has 5 nitrogen and oxygen atoms in total. The Morgan fingerprint density at radius 2 is 2.07 bits per heavy atom. The summed E-state index contributed by atoms with van der Waals surface area (Å²) in [6, 6.07) is 6.32. The topological polar surface area (TPSA) is 82.7 Å². The van der Waals surface area contributed by atoms with Crippen LogP contribution in [0, 0.1) is 17.1 Å². The zero-order chi connectivity index (χ0) is 22.1. The van der Waals surface area contributed by atoms with Crippen molar-refractivity contribution >= 4 is 16.6 Å². The molecule has 2 atom stereocenters. The van der Waals surface area contributed by atoms with Crippen molar-refractivity contribution in [3.05, 3.63) is 52.8 Å². The third-order valence-electron chi connectivity index (χ3n) is 4.30. The van der Waals surface area contributed by atoms with Gasteiger partial charge in [-0.2, -0.15) is 22.8 Å². The van der Waals surface area contributed by atoms with Gasteiger partial charge in [0.05, 0.1) is 17.7 Å². The van der Waals surface area contributed by atoms with Crippen LogP contribution in [0.1, 0.15) is 29.2 Å². The fraction of sp³-hybridized carbons (Fsp3) is 0.263. The van der Waals surface area contributed by atoms with Crippen molar-refractivity contribution in [2.24, 2.45) is 4.36 Å². The number of carbonyl (C=O) groups excluding carboxylic acids is 1. The molecule has 0 fully saturated rings. The maximum Gasteiger partial charge on any atom is 0.474 e. The summed E-state index contributed by atoms with van der Waals surface area (Å²) in [7, 11) is -2.07. The van der Waals surface area contributed by atoms with Gasteiger partial charge in [-0.25, -0.2) is 8.78 Å². The van der Waals surface area contributed by atoms with Crippen molar-refractivity contribution < 1.29 is 36.6 Å². The molecule has 0 radical (unpaired) electrons. The molecule has 1 aliphatic rings. The maximum atomic E-state index is 13.6. The van der Waals surface area contributed by atoms with E-state index < -0.39 is 40.7 Å². The van der Waals surface area contributed by atoms with E-state index in [4.69, 9.17) is 10.00 Å². The van der Waals surface area contributed by atoms with Crippen LogP contribution in [0.2, 0.25) is 0 Å². The van der Waals surface area contributed by atoms with Crippen LogP contribution in [0.3, 0.4) is 0 Å². The number of rotatable bonds is 4. The van der Waals surface area contributed by atoms with Crippen molar-refractivity contribution in [2.45, 2.75) is 30.0 Å². The number of halogens is 5. The largest absolute Gasteiger partial charge is 0.474 e. The van der Waals surface area contributed by atoms with E-state index >= 15 is 0 Å². The maximum absolute atomic E-state index is 13.6. The normalized spacial score (nSPS) is 16.8. The molecular weight excluding hydrogens is 431 g/mol. The molecule has 0 saturated carbocycles. The predicted molar refractivity (Wildman–Crippen MR) is 96.0 cm³/mol. The first-order valence-corrected chi connectivity index (χ1v) is 9.81. The molecule has 0 bridgehead atoms. The summed E-state index contributed by atoms with van der Waals surface area (Å²) in [6.07, 6.45) is -5.89. The molecule has 1 aliphatic carbocycles. The first-order valence-electron chi connectivity index (χ1n) is 8.46. The van der Waals surface area contributed by atoms with Crippen LogP contribution in [-0.4, -0.2) is 23.2 Å². The lowest BCUT2D eigenvalue weighted by atomic mass is 10.1. The van der Waals surface area contributed by atoms with Gasteiger partial charge in [0.1, 0.15) is 17.3 Å². The predicted octanol–water partition coefficient (Wildman–Crippen LogP) is 4.65. The average Bonchev–Trinajstić information content (AvgIpc) is 3.07. The number of aliphatic hydroxyl groups excluding tert-OH is 1. The van der Waals surface area contributed by atoms with E-state index in [0.29, 0.717) is 5.56 Å². The van der Waals surface area contributed by atoms with Crippen LogP contribution in [0.25, 0.3) is 0 Å². The molecular formula is C19H13F5N2O3S. The molecule has 0 saturated heterocycles. The number of amides is 1. The van der Waals surface area contributed by atoms with Gasteiger partial charge in [0.15, 0.2) is 6.01 Å². The Bertz CT molecular complexity index is 1080. The van der Waals surface area contributed by atoms with Gasteiger partial charge in [0.2, 0.25) is 0 Å². The molecule has 0 heterocycles. The quantitative estimate of drug-likeness (QED) is 0.697. The van der Waals surface area contributed by atoms with Crippen LogP contribution in [-0.2, 0) is 21.9 Å². The summed E-state index contributed by atoms with van der Waals surface area (Å²) in [5.74, 6) is -2.94. The lowest BCUT2D eigenvalue weighted by molar-refractivity contribution is -0.169. The first kappa shape index (κ1) is 21.9. The Balaban J connectivity index is 2.05. The van der Waals surface area contributed by atoms with Gasteiger partial charge in [-0.05, 0) is 47.8 Å². The average molecular weight is 444 g/mol. The van der Waals surface area contributed by atoms with Crippen LogP contribution >= 0.6 is 0 Å². The molecule has 1 N–H and O–H groups in total. The minimum atomic E-state index is -5.24. The lowest BCUT2D eigenvalue weighted by Crippen LogP contribution is -2.21. The smallest absolute Gasteiger partial charge is 0.457 e. The lowest BCUT2D eigenvalue weighted by Gasteiger charge is -2.16. The summed E-state index contributed by atoms with van der Waals surface area (Å²) in [4.78, 5) is 11.2. The number of aliphatic hydroxyl groups is 1. The Hall–Kier alpha value is -2.84. The van der Waals surface area contributed by atoms with E-state index in [1.807, 2.05) is 0 Å². The molecule has 1 amide bonds. The summed E-state index contributed by atoms with van der Waals surface area (Å²) in [5, 5.41) is 19.2. The van der Waals surface area contributed by atoms with Crippen molar-refractivity contribution in [3.8, 4) is 17.6 Å². The molecule has 30 heavy (non-hydrogen) atoms. The van der Waals surface area contributed by atoms with Crippen LogP contribution in [0.5, 0.6) is 11.5 Å². The minimum absolute atomic E-state index is 0.00400. The van der Waals surface area contributed by atoms with E-state index in [0.717, 1.165) is 12.1 Å². The fourth-order valence-corrected chi connectivity index (χ4v) is 4.38. The molecule has 158 valence electrons. The minimum Gasteiger partial charge on any atom is -0.457 e. The Kier molecular flexibility index (Phi) is 6.19. The number of benzene rings is 2. The molecule has 0 aliphatic heterocycles. The number of nitrogens with zero attached hydrogens (tertiary/aromatic N) is 2. The molecule has 1 unspecified atom stereocenters. The van der Waals surface area contributed by atoms with Gasteiger partial charge in [-0.1, -0.05) is 0 Å². The number of alkyl halides is 4. The summed E-state index contributed by atoms with van der Waals surface area (Å²) < 4.78 is 73.3. The standard InChI is InChI=1S/C19H13F5N2O3S/c20-9-30(26-18(28)19(22,23)24)16-4-3-15(13-1-2-14(27)17(13)16)29-12-6-10(8-25)5-11(21)7-12/h3-7,14,27H,1-2,9H2/t14-,30?/m1/s1. The molecule has 3 rings (SSSR count). The Morgan fingerprint density at radius 3 is 2.70 bits per heavy atom. The van der Waals surface area contributed by atoms with Crippen molar-refractivity contribution in [2.75, 3.05) is 6.01 Å². The number of fused-ring (bicyclic) bond motifs is 1. The third-order valence-corrected chi connectivity index (χ3v) is 5.75. The molecule has 0 spiro atoms. The molecule has 2 aromatic carbocycles. The number of carbonyl (C=O) groups is 1. The number of hydrogen-bond donors (Lipinski definition) is 1. The van der Waals surface area contributed by atoms with E-state index in [9.17, 15) is 31.9 Å². The zero-order valence-electron chi connectivity index (χ0n) is 15.0. The van der Waals surface area contributed by atoms with Gasteiger partial charge in [0, 0.05) is 22.1 Å². The van der Waals surface area contributed by atoms with Crippen LogP contribution in [0.4, 0.5) is 22.0 Å². The number of nitriles is 1. The van der Waals surface area contributed by atoms with Crippen LogP contribution < -0.4 is 4.74 Å². The van der Waals surface area contributed by atoms with Gasteiger partial charge < -0.3 is 9.84 Å². The molecule has 2 aromatic rings. The van der Waals surface area contributed by atoms with Gasteiger partial charge >= 0.3 is 12.1 Å². The summed E-state index contributed by atoms with van der Waals surface area (Å²) in [6.45, 7) is 0. The highest BCUT2D eigenvalue weighted by molar-refractivity contribution is 7.87. The first-order chi connectivity index (χ1) is 14.1. The Morgan fingerprint density at radius 1 is 1.33 bits per heavy atom. The second-order valence-electron chi connectivity index (χ2n) is 6.27. The van der Waals surface area contributed by atoms with Crippen molar-refractivity contribution in [3.63, 3.8) is 0 Å².